The average Bonchev–Trinajstić information content (AvgIpc) is 2.37. The normalized spacial score (nSPS) is 11.2. The Balaban J connectivity index is 2.43. The second-order valence-corrected chi connectivity index (χ2v) is 4.73. The Morgan fingerprint density at radius 3 is 2.00 bits per heavy atom. The molecule has 100 valence electrons. The molecule has 0 spiro atoms. The maximum Gasteiger partial charge on any atom is 0.418 e. The number of benzene rings is 2. The van der Waals surface area contributed by atoms with Crippen molar-refractivity contribution in [1.29, 1.82) is 0 Å². The first-order valence-corrected chi connectivity index (χ1v) is 6.70. The van der Waals surface area contributed by atoms with E-state index in [2.05, 4.69) is 4.28 Å². The number of nitrogens with zero attached hydrogens (tertiary/aromatic N) is 1. The van der Waals surface area contributed by atoms with Gasteiger partial charge in [-0.3, -0.25) is 4.55 Å². The van der Waals surface area contributed by atoms with Crippen molar-refractivity contribution in [3.05, 3.63) is 54.6 Å². The van der Waals surface area contributed by atoms with Crippen LogP contribution in [0, 0.1) is 0 Å². The Morgan fingerprint density at radius 2 is 1.47 bits per heavy atom. The Kier molecular flexibility index (Phi) is 3.70. The van der Waals surface area contributed by atoms with Gasteiger partial charge in [0.25, 0.3) is 0 Å². The Morgan fingerprint density at radius 1 is 0.947 bits per heavy atom. The van der Waals surface area contributed by atoms with Gasteiger partial charge < -0.3 is 5.73 Å². The number of anilines is 3. The zero-order chi connectivity index (χ0) is 13.9. The standard InChI is InChI=1S/C12H12N2O4S/c13-10-6-8-12(9-7-10)14(18-19(15,16)17)11-4-2-1-3-5-11/h1-9H,13H2,(H,15,16,17). The van der Waals surface area contributed by atoms with Gasteiger partial charge >= 0.3 is 10.4 Å². The molecule has 7 heteroatoms. The highest BCUT2D eigenvalue weighted by atomic mass is 32.3. The monoisotopic (exact) mass is 280 g/mol. The van der Waals surface area contributed by atoms with Gasteiger partial charge in [0.05, 0.1) is 11.4 Å². The molecular formula is C12H12N2O4S. The molecule has 2 aromatic carbocycles. The zero-order valence-corrected chi connectivity index (χ0v) is 10.6. The summed E-state index contributed by atoms with van der Waals surface area (Å²) in [4.78, 5) is 0. The molecule has 0 unspecified atom stereocenters. The van der Waals surface area contributed by atoms with Crippen molar-refractivity contribution < 1.29 is 17.3 Å². The summed E-state index contributed by atoms with van der Waals surface area (Å²) in [7, 11) is -4.64. The highest BCUT2D eigenvalue weighted by Crippen LogP contribution is 2.27. The van der Waals surface area contributed by atoms with Gasteiger partial charge in [-0.2, -0.15) is 8.42 Å². The van der Waals surface area contributed by atoms with Crippen molar-refractivity contribution in [1.82, 2.24) is 0 Å². The molecule has 6 nitrogen and oxygen atoms in total. The lowest BCUT2D eigenvalue weighted by Crippen LogP contribution is -2.22. The number of para-hydroxylation sites is 1. The lowest BCUT2D eigenvalue weighted by molar-refractivity contribution is 0.272. The van der Waals surface area contributed by atoms with E-state index in [0.717, 1.165) is 5.06 Å². The summed E-state index contributed by atoms with van der Waals surface area (Å²) < 4.78 is 35.3. The van der Waals surface area contributed by atoms with Crippen LogP contribution in [0.3, 0.4) is 0 Å². The van der Waals surface area contributed by atoms with E-state index in [4.69, 9.17) is 10.3 Å². The number of nitrogen functional groups attached to an aromatic ring is 1. The third-order valence-electron chi connectivity index (χ3n) is 2.29. The van der Waals surface area contributed by atoms with Crippen LogP contribution in [0.2, 0.25) is 0 Å². The third kappa shape index (κ3) is 3.68. The second-order valence-electron chi connectivity index (χ2n) is 3.72. The van der Waals surface area contributed by atoms with Gasteiger partial charge in [0.15, 0.2) is 0 Å². The van der Waals surface area contributed by atoms with Crippen LogP contribution in [-0.4, -0.2) is 13.0 Å². The second kappa shape index (κ2) is 5.27. The van der Waals surface area contributed by atoms with Gasteiger partial charge in [-0.1, -0.05) is 18.2 Å². The number of hydrogen-bond donors (Lipinski definition) is 2. The number of hydrogen-bond acceptors (Lipinski definition) is 5. The maximum absolute atomic E-state index is 10.9. The molecule has 2 aromatic rings. The minimum Gasteiger partial charge on any atom is -0.399 e. The Labute approximate surface area is 110 Å². The summed E-state index contributed by atoms with van der Waals surface area (Å²) in [5, 5.41) is 0.995. The Hall–Kier alpha value is -2.09. The maximum atomic E-state index is 10.9. The molecule has 0 aliphatic rings. The summed E-state index contributed by atoms with van der Waals surface area (Å²) in [5.41, 5.74) is 6.96. The molecule has 0 fully saturated rings. The van der Waals surface area contributed by atoms with Crippen molar-refractivity contribution in [2.75, 3.05) is 10.8 Å². The molecule has 3 N–H and O–H groups in total. The molecular weight excluding hydrogens is 268 g/mol. The smallest absolute Gasteiger partial charge is 0.399 e. The predicted octanol–water partition coefficient (Wildman–Crippen LogP) is 2.14. The predicted molar refractivity (Wildman–Crippen MR) is 72.1 cm³/mol. The molecule has 0 radical (unpaired) electrons. The zero-order valence-electron chi connectivity index (χ0n) is 9.80. The first-order chi connectivity index (χ1) is 8.96. The largest absolute Gasteiger partial charge is 0.418 e. The molecule has 0 aliphatic heterocycles. The van der Waals surface area contributed by atoms with E-state index < -0.39 is 10.4 Å². The number of rotatable bonds is 4. The molecule has 0 aromatic heterocycles. The van der Waals surface area contributed by atoms with E-state index in [1.807, 2.05) is 0 Å². The quantitative estimate of drug-likeness (QED) is 0.506. The molecule has 0 saturated carbocycles. The van der Waals surface area contributed by atoms with Crippen LogP contribution in [0.5, 0.6) is 0 Å². The van der Waals surface area contributed by atoms with E-state index in [9.17, 15) is 8.42 Å². The third-order valence-corrected chi connectivity index (χ3v) is 2.62. The van der Waals surface area contributed by atoms with Crippen molar-refractivity contribution >= 4 is 27.5 Å². The lowest BCUT2D eigenvalue weighted by atomic mass is 10.2. The van der Waals surface area contributed by atoms with Crippen LogP contribution < -0.4 is 10.8 Å². The summed E-state index contributed by atoms with van der Waals surface area (Å²) in [6.45, 7) is 0. The van der Waals surface area contributed by atoms with Crippen LogP contribution in [0.1, 0.15) is 0 Å². The minimum atomic E-state index is -4.64. The molecule has 0 saturated heterocycles. The summed E-state index contributed by atoms with van der Waals surface area (Å²) in [6.07, 6.45) is 0. The van der Waals surface area contributed by atoms with Crippen molar-refractivity contribution in [3.63, 3.8) is 0 Å². The summed E-state index contributed by atoms with van der Waals surface area (Å²) >= 11 is 0. The summed E-state index contributed by atoms with van der Waals surface area (Å²) in [5.74, 6) is 0. The van der Waals surface area contributed by atoms with Gasteiger partial charge in [0, 0.05) is 5.69 Å². The highest BCUT2D eigenvalue weighted by molar-refractivity contribution is 7.80. The number of nitrogens with two attached hydrogens (primary N) is 1. The first-order valence-electron chi connectivity index (χ1n) is 5.33. The molecule has 0 bridgehead atoms. The van der Waals surface area contributed by atoms with Crippen LogP contribution >= 0.6 is 0 Å². The van der Waals surface area contributed by atoms with Gasteiger partial charge in [-0.25, -0.2) is 5.06 Å². The molecule has 2 rings (SSSR count). The highest BCUT2D eigenvalue weighted by Gasteiger charge is 2.17. The minimum absolute atomic E-state index is 0.415. The van der Waals surface area contributed by atoms with E-state index in [-0.39, 0.29) is 0 Å². The van der Waals surface area contributed by atoms with Crippen LogP contribution in [0.25, 0.3) is 0 Å². The fourth-order valence-electron chi connectivity index (χ4n) is 1.50. The van der Waals surface area contributed by atoms with E-state index in [1.165, 1.54) is 0 Å². The lowest BCUT2D eigenvalue weighted by Gasteiger charge is -2.21. The first kappa shape index (κ1) is 13.3. The van der Waals surface area contributed by atoms with Crippen LogP contribution in [0.4, 0.5) is 17.1 Å². The van der Waals surface area contributed by atoms with Crippen molar-refractivity contribution in [3.8, 4) is 0 Å². The fraction of sp³-hybridized carbons (Fsp3) is 0. The fourth-order valence-corrected chi connectivity index (χ4v) is 1.86. The van der Waals surface area contributed by atoms with Crippen LogP contribution in [-0.2, 0) is 14.7 Å². The van der Waals surface area contributed by atoms with E-state index in [0.29, 0.717) is 17.1 Å². The van der Waals surface area contributed by atoms with Gasteiger partial charge in [0.1, 0.15) is 0 Å². The van der Waals surface area contributed by atoms with Gasteiger partial charge in [-0.15, -0.1) is 4.28 Å². The molecule has 19 heavy (non-hydrogen) atoms. The SMILES string of the molecule is Nc1ccc(N(OS(=O)(=O)O)c2ccccc2)cc1. The molecule has 0 heterocycles. The molecule has 0 atom stereocenters. The van der Waals surface area contributed by atoms with Crippen molar-refractivity contribution in [2.45, 2.75) is 0 Å². The average molecular weight is 280 g/mol. The van der Waals surface area contributed by atoms with Gasteiger partial charge in [0.2, 0.25) is 0 Å². The van der Waals surface area contributed by atoms with Gasteiger partial charge in [-0.05, 0) is 36.4 Å². The van der Waals surface area contributed by atoms with E-state index in [1.54, 1.807) is 54.6 Å². The summed E-state index contributed by atoms with van der Waals surface area (Å²) in [6, 6.07) is 14.8. The molecule has 0 aliphatic carbocycles. The molecule has 0 amide bonds. The van der Waals surface area contributed by atoms with Crippen molar-refractivity contribution in [2.24, 2.45) is 0 Å². The topological polar surface area (TPSA) is 92.9 Å². The Bertz CT molecular complexity index is 641. The van der Waals surface area contributed by atoms with E-state index >= 15 is 0 Å². The van der Waals surface area contributed by atoms with Crippen LogP contribution in [0.15, 0.2) is 54.6 Å².